The monoisotopic (exact) mass is 152 g/mol. The Kier molecular flexibility index (Phi) is 2.03. The van der Waals surface area contributed by atoms with Crippen LogP contribution in [0.3, 0.4) is 0 Å². The summed E-state index contributed by atoms with van der Waals surface area (Å²) in [6.07, 6.45) is 0. The summed E-state index contributed by atoms with van der Waals surface area (Å²) in [5.41, 5.74) is 3.85. The Morgan fingerprint density at radius 3 is 2.00 bits per heavy atom. The third-order valence-electron chi connectivity index (χ3n) is 2.14. The van der Waals surface area contributed by atoms with Gasteiger partial charge in [0, 0.05) is 12.7 Å². The van der Waals surface area contributed by atoms with E-state index in [0.29, 0.717) is 5.92 Å². The highest BCUT2D eigenvalue weighted by atomic mass is 15.3. The molecule has 1 heterocycles. The number of aromatic nitrogens is 2. The summed E-state index contributed by atoms with van der Waals surface area (Å²) in [5, 5.41) is 4.35. The average Bonchev–Trinajstić information content (AvgIpc) is 2.07. The van der Waals surface area contributed by atoms with E-state index in [0.717, 1.165) is 0 Å². The Morgan fingerprint density at radius 1 is 1.27 bits per heavy atom. The smallest absolute Gasteiger partial charge is 0.0630 e. The topological polar surface area (TPSA) is 17.8 Å². The van der Waals surface area contributed by atoms with Gasteiger partial charge in [-0.1, -0.05) is 13.8 Å². The Hall–Kier alpha value is -0.790. The first-order chi connectivity index (χ1) is 5.04. The van der Waals surface area contributed by atoms with E-state index in [1.165, 1.54) is 17.0 Å². The minimum absolute atomic E-state index is 0.587. The van der Waals surface area contributed by atoms with Gasteiger partial charge < -0.3 is 0 Å². The Bertz CT molecular complexity index is 259. The molecule has 0 bridgehead atoms. The number of aryl methyl sites for hydroxylation is 2. The highest BCUT2D eigenvalue weighted by molar-refractivity contribution is 5.27. The minimum Gasteiger partial charge on any atom is -0.272 e. The summed E-state index contributed by atoms with van der Waals surface area (Å²) in [6.45, 7) is 8.60. The first-order valence-corrected chi connectivity index (χ1v) is 4.04. The molecule has 0 saturated heterocycles. The van der Waals surface area contributed by atoms with Crippen LogP contribution in [0.2, 0.25) is 0 Å². The van der Waals surface area contributed by atoms with Crippen molar-refractivity contribution in [1.29, 1.82) is 0 Å². The van der Waals surface area contributed by atoms with Crippen LogP contribution >= 0.6 is 0 Å². The quantitative estimate of drug-likeness (QED) is 0.603. The van der Waals surface area contributed by atoms with E-state index in [4.69, 9.17) is 0 Å². The Balaban J connectivity index is 3.22. The molecule has 0 unspecified atom stereocenters. The molecule has 0 N–H and O–H groups in total. The largest absolute Gasteiger partial charge is 0.272 e. The molecule has 0 aliphatic rings. The molecular weight excluding hydrogens is 136 g/mol. The number of hydrogen-bond donors (Lipinski definition) is 0. The summed E-state index contributed by atoms with van der Waals surface area (Å²) >= 11 is 0. The maximum Gasteiger partial charge on any atom is 0.0630 e. The van der Waals surface area contributed by atoms with Crippen LogP contribution in [0.5, 0.6) is 0 Å². The van der Waals surface area contributed by atoms with Crippen LogP contribution in [0.15, 0.2) is 0 Å². The lowest BCUT2D eigenvalue weighted by molar-refractivity contribution is 0.728. The molecule has 0 amide bonds. The van der Waals surface area contributed by atoms with Crippen molar-refractivity contribution in [1.82, 2.24) is 9.78 Å². The van der Waals surface area contributed by atoms with Crippen LogP contribution in [-0.4, -0.2) is 9.78 Å². The predicted molar refractivity (Wildman–Crippen MR) is 46.8 cm³/mol. The summed E-state index contributed by atoms with van der Waals surface area (Å²) in [4.78, 5) is 0. The summed E-state index contributed by atoms with van der Waals surface area (Å²) in [7, 11) is 1.99. The zero-order valence-corrected chi connectivity index (χ0v) is 7.97. The predicted octanol–water partition coefficient (Wildman–Crippen LogP) is 2.16. The molecular formula is C9H16N2. The maximum atomic E-state index is 4.35. The first-order valence-electron chi connectivity index (χ1n) is 4.04. The minimum atomic E-state index is 0.587. The van der Waals surface area contributed by atoms with Crippen molar-refractivity contribution in [3.63, 3.8) is 0 Å². The second-order valence-corrected chi connectivity index (χ2v) is 3.36. The van der Waals surface area contributed by atoms with E-state index in [-0.39, 0.29) is 0 Å². The van der Waals surface area contributed by atoms with Crippen molar-refractivity contribution >= 4 is 0 Å². The standard InChI is InChI=1S/C9H16N2/c1-6(2)9-7(3)10-11(5)8(9)4/h6H,1-5H3. The van der Waals surface area contributed by atoms with Gasteiger partial charge >= 0.3 is 0 Å². The van der Waals surface area contributed by atoms with Crippen LogP contribution in [-0.2, 0) is 7.05 Å². The Morgan fingerprint density at radius 2 is 1.82 bits per heavy atom. The van der Waals surface area contributed by atoms with Crippen molar-refractivity contribution in [3.8, 4) is 0 Å². The van der Waals surface area contributed by atoms with Crippen LogP contribution in [0.25, 0.3) is 0 Å². The molecule has 0 aliphatic heterocycles. The zero-order valence-electron chi connectivity index (χ0n) is 7.97. The van der Waals surface area contributed by atoms with Gasteiger partial charge in [-0.15, -0.1) is 0 Å². The van der Waals surface area contributed by atoms with Gasteiger partial charge in [-0.05, 0) is 25.3 Å². The lowest BCUT2D eigenvalue weighted by Crippen LogP contribution is -1.94. The number of rotatable bonds is 1. The van der Waals surface area contributed by atoms with Crippen LogP contribution in [0.4, 0.5) is 0 Å². The molecule has 11 heavy (non-hydrogen) atoms. The van der Waals surface area contributed by atoms with Crippen molar-refractivity contribution in [3.05, 3.63) is 17.0 Å². The average molecular weight is 152 g/mol. The van der Waals surface area contributed by atoms with Crippen molar-refractivity contribution in [2.75, 3.05) is 0 Å². The van der Waals surface area contributed by atoms with Gasteiger partial charge in [0.15, 0.2) is 0 Å². The van der Waals surface area contributed by atoms with Gasteiger partial charge in [-0.25, -0.2) is 0 Å². The molecule has 1 aromatic rings. The summed E-state index contributed by atoms with van der Waals surface area (Å²) in [5.74, 6) is 0.587. The molecule has 0 spiro atoms. The van der Waals surface area contributed by atoms with Gasteiger partial charge in [-0.3, -0.25) is 4.68 Å². The molecule has 0 aromatic carbocycles. The summed E-state index contributed by atoms with van der Waals surface area (Å²) in [6, 6.07) is 0. The fourth-order valence-electron chi connectivity index (χ4n) is 1.63. The fourth-order valence-corrected chi connectivity index (χ4v) is 1.63. The molecule has 0 radical (unpaired) electrons. The van der Waals surface area contributed by atoms with Gasteiger partial charge in [0.25, 0.3) is 0 Å². The molecule has 1 rings (SSSR count). The molecule has 1 aromatic heterocycles. The van der Waals surface area contributed by atoms with Gasteiger partial charge in [0.1, 0.15) is 0 Å². The van der Waals surface area contributed by atoms with Crippen molar-refractivity contribution < 1.29 is 0 Å². The number of nitrogens with zero attached hydrogens (tertiary/aromatic N) is 2. The molecule has 0 atom stereocenters. The Labute approximate surface area is 68.2 Å². The first kappa shape index (κ1) is 8.31. The second-order valence-electron chi connectivity index (χ2n) is 3.36. The summed E-state index contributed by atoms with van der Waals surface area (Å²) < 4.78 is 1.95. The number of hydrogen-bond acceptors (Lipinski definition) is 1. The van der Waals surface area contributed by atoms with E-state index in [2.05, 4.69) is 32.8 Å². The molecule has 62 valence electrons. The van der Waals surface area contributed by atoms with E-state index >= 15 is 0 Å². The molecule has 0 fully saturated rings. The third kappa shape index (κ3) is 1.30. The van der Waals surface area contributed by atoms with Crippen LogP contribution in [0.1, 0.15) is 36.7 Å². The maximum absolute atomic E-state index is 4.35. The molecule has 0 aliphatic carbocycles. The lowest BCUT2D eigenvalue weighted by atomic mass is 10.0. The van der Waals surface area contributed by atoms with Gasteiger partial charge in [-0.2, -0.15) is 5.10 Å². The van der Waals surface area contributed by atoms with E-state index in [1.807, 2.05) is 11.7 Å². The zero-order chi connectivity index (χ0) is 8.59. The van der Waals surface area contributed by atoms with Gasteiger partial charge in [0.2, 0.25) is 0 Å². The second kappa shape index (κ2) is 2.68. The normalized spacial score (nSPS) is 11.1. The van der Waals surface area contributed by atoms with E-state index in [9.17, 15) is 0 Å². The highest BCUT2D eigenvalue weighted by Crippen LogP contribution is 2.21. The van der Waals surface area contributed by atoms with Crippen molar-refractivity contribution in [2.24, 2.45) is 7.05 Å². The van der Waals surface area contributed by atoms with Crippen molar-refractivity contribution in [2.45, 2.75) is 33.6 Å². The van der Waals surface area contributed by atoms with Gasteiger partial charge in [0.05, 0.1) is 5.69 Å². The molecule has 2 heteroatoms. The highest BCUT2D eigenvalue weighted by Gasteiger charge is 2.11. The molecule has 0 saturated carbocycles. The third-order valence-corrected chi connectivity index (χ3v) is 2.14. The van der Waals surface area contributed by atoms with Crippen LogP contribution in [0, 0.1) is 13.8 Å². The van der Waals surface area contributed by atoms with E-state index in [1.54, 1.807) is 0 Å². The molecule has 2 nitrogen and oxygen atoms in total. The lowest BCUT2D eigenvalue weighted by Gasteiger charge is -2.04. The van der Waals surface area contributed by atoms with Crippen LogP contribution < -0.4 is 0 Å². The van der Waals surface area contributed by atoms with E-state index < -0.39 is 0 Å². The fraction of sp³-hybridized carbons (Fsp3) is 0.667. The SMILES string of the molecule is Cc1nn(C)c(C)c1C(C)C.